The lowest BCUT2D eigenvalue weighted by molar-refractivity contribution is -0.147. The number of nitrogens with two attached hydrogens (primary N) is 1. The van der Waals surface area contributed by atoms with Crippen molar-refractivity contribution < 1.29 is 29.2 Å². The zero-order valence-electron chi connectivity index (χ0n) is 54.9. The highest BCUT2D eigenvalue weighted by Gasteiger charge is 2.28. The third-order valence-corrected chi connectivity index (χ3v) is 15.1. The molecular formula is C63H116N16O6. The standard InChI is InChI=1S/C14H25N3O.C13H23N3O.C12H20N4O3.C12H19N3O.C7H13N3.2C2H6.CH4/c1-6-10(2)12(4)14(18)16-11(3)7-13-8-17(5)9-15-13;1-5-9(2)11(4)13(17)16-10(3)6-12-7-14-8-15-12;1-8-3-11-5-16(7-13-11)4-10(6-19-15-18)9(2)12(17)14-8;1-8-5-15-6-11(13-7-15)4-9(2)14-12(16)10(8)3;1-6(8)3-7-4-10(2)5-9-7;2*1-2;/h8-12H,6-7H2,1-5H3,(H,16,18);7-11H,5-6H2,1-4H3,(H,14,15)(H,16,17);5,7-10,15,18H,3-4,6H2,1-2H3,(H,14,17);6-10H,4-5H2,1-3H3,(H,14,16);4-6H,3,8H2,1-2H3;2*1-2H3;1H4. The molecule has 0 radical (unpaired) electrons. The van der Waals surface area contributed by atoms with Gasteiger partial charge in [0.1, 0.15) is 0 Å². The molecule has 484 valence electrons. The maximum absolute atomic E-state index is 12.1. The van der Waals surface area contributed by atoms with Crippen LogP contribution in [0.1, 0.15) is 173 Å². The van der Waals surface area contributed by atoms with Crippen LogP contribution in [0.3, 0.4) is 0 Å². The van der Waals surface area contributed by atoms with Crippen molar-refractivity contribution in [3.8, 4) is 0 Å². The first-order valence-corrected chi connectivity index (χ1v) is 30.7. The van der Waals surface area contributed by atoms with E-state index in [1.165, 1.54) is 0 Å². The predicted molar refractivity (Wildman–Crippen MR) is 341 cm³/mol. The smallest absolute Gasteiger partial charge is 0.223 e. The minimum Gasteiger partial charge on any atom is -0.353 e. The lowest BCUT2D eigenvalue weighted by Gasteiger charge is -2.25. The van der Waals surface area contributed by atoms with Crippen LogP contribution in [0, 0.1) is 47.3 Å². The molecule has 0 saturated heterocycles. The number of rotatable bonds is 17. The van der Waals surface area contributed by atoms with Gasteiger partial charge in [0.2, 0.25) is 23.6 Å². The first-order chi connectivity index (χ1) is 39.8. The Morgan fingerprint density at radius 1 is 0.671 bits per heavy atom. The van der Waals surface area contributed by atoms with Crippen molar-refractivity contribution in [1.82, 2.24) is 75.1 Å². The van der Waals surface area contributed by atoms with Crippen LogP contribution in [0.2, 0.25) is 0 Å². The summed E-state index contributed by atoms with van der Waals surface area (Å²) in [7, 11) is 3.91. The lowest BCUT2D eigenvalue weighted by Crippen LogP contribution is -2.42. The third kappa shape index (κ3) is 30.6. The summed E-state index contributed by atoms with van der Waals surface area (Å²) in [5, 5.41) is 20.7. The monoisotopic (exact) mass is 1190 g/mol. The molecule has 13 atom stereocenters. The Hall–Kier alpha value is -6.23. The molecule has 0 aliphatic carbocycles. The maximum atomic E-state index is 12.1. The molecule has 13 unspecified atom stereocenters. The van der Waals surface area contributed by atoms with Gasteiger partial charge in [-0.1, -0.05) is 116 Å². The summed E-state index contributed by atoms with van der Waals surface area (Å²) < 4.78 is 7.90. The van der Waals surface area contributed by atoms with Crippen molar-refractivity contribution in [2.24, 2.45) is 67.2 Å². The van der Waals surface area contributed by atoms with Gasteiger partial charge in [-0.25, -0.2) is 24.9 Å². The van der Waals surface area contributed by atoms with E-state index in [1.807, 2.05) is 143 Å². The van der Waals surface area contributed by atoms with Crippen LogP contribution in [-0.4, -0.2) is 114 Å². The summed E-state index contributed by atoms with van der Waals surface area (Å²) >= 11 is 0. The molecule has 5 aromatic heterocycles. The number of aromatic amines is 1. The number of H-pyrrole nitrogens is 1. The second kappa shape index (κ2) is 42.6. The Bertz CT molecular complexity index is 2540. The molecule has 5 aromatic rings. The van der Waals surface area contributed by atoms with Crippen LogP contribution < -0.4 is 32.6 Å². The van der Waals surface area contributed by atoms with Gasteiger partial charge in [-0.15, -0.1) is 0 Å². The molecule has 22 heteroatoms. The second-order valence-corrected chi connectivity index (χ2v) is 23.0. The Kier molecular flexibility index (Phi) is 39.4. The van der Waals surface area contributed by atoms with Crippen molar-refractivity contribution >= 4 is 23.6 Å². The van der Waals surface area contributed by atoms with Crippen LogP contribution >= 0.6 is 0 Å². The largest absolute Gasteiger partial charge is 0.353 e. The molecule has 0 fully saturated rings. The van der Waals surface area contributed by atoms with Crippen molar-refractivity contribution in [3.63, 3.8) is 0 Å². The van der Waals surface area contributed by atoms with Gasteiger partial charge in [-0.3, -0.25) is 29.2 Å². The van der Waals surface area contributed by atoms with Gasteiger partial charge < -0.3 is 50.3 Å². The molecule has 0 spiro atoms. The number of carbonyl (C=O) groups excluding carboxylic acids is 4. The van der Waals surface area contributed by atoms with Gasteiger partial charge in [0.15, 0.2) is 0 Å². The number of nitrogens with one attached hydrogen (secondary N) is 6. The number of carbonyl (C=O) groups is 4. The maximum Gasteiger partial charge on any atom is 0.223 e. The second-order valence-electron chi connectivity index (χ2n) is 23.0. The van der Waals surface area contributed by atoms with E-state index in [4.69, 9.17) is 15.8 Å². The zero-order chi connectivity index (χ0) is 63.6. The zero-order valence-corrected chi connectivity index (χ0v) is 54.9. The fourth-order valence-electron chi connectivity index (χ4n) is 9.02. The summed E-state index contributed by atoms with van der Waals surface area (Å²) in [4.78, 5) is 76.9. The molecular weight excluding hydrogens is 1080 g/mol. The van der Waals surface area contributed by atoms with E-state index in [9.17, 15) is 19.2 Å². The van der Waals surface area contributed by atoms with E-state index in [2.05, 4.69) is 96.6 Å². The van der Waals surface area contributed by atoms with E-state index in [1.54, 1.807) is 37.1 Å². The van der Waals surface area contributed by atoms with E-state index < -0.39 is 0 Å². The van der Waals surface area contributed by atoms with Crippen LogP contribution in [0.15, 0.2) is 62.6 Å². The first kappa shape index (κ1) is 78.8. The summed E-state index contributed by atoms with van der Waals surface area (Å²) in [6.45, 7) is 38.2. The molecule has 4 amide bonds. The molecule has 0 saturated carbocycles. The summed E-state index contributed by atoms with van der Waals surface area (Å²) in [6, 6.07) is 0.667. The number of hydrogen-bond acceptors (Lipinski definition) is 13. The third-order valence-electron chi connectivity index (χ3n) is 15.1. The summed E-state index contributed by atoms with van der Waals surface area (Å²) in [5.74, 6) is 1.56. The van der Waals surface area contributed by atoms with E-state index in [-0.39, 0.29) is 97.5 Å². The van der Waals surface area contributed by atoms with Gasteiger partial charge in [0, 0.05) is 156 Å². The number of amides is 4. The van der Waals surface area contributed by atoms with Crippen LogP contribution in [-0.2, 0) is 83.3 Å². The van der Waals surface area contributed by atoms with Gasteiger partial charge in [-0.05, 0) is 52.4 Å². The molecule has 9 N–H and O–H groups in total. The van der Waals surface area contributed by atoms with Crippen molar-refractivity contribution in [2.45, 2.75) is 220 Å². The van der Waals surface area contributed by atoms with E-state index in [0.29, 0.717) is 24.3 Å². The fraction of sp³-hybridized carbons (Fsp3) is 0.698. The predicted octanol–water partition coefficient (Wildman–Crippen LogP) is 8.61. The van der Waals surface area contributed by atoms with Crippen molar-refractivity contribution in [2.75, 3.05) is 6.61 Å². The number of nitrogens with zero attached hydrogens (tertiary/aromatic N) is 9. The van der Waals surface area contributed by atoms with Crippen LogP contribution in [0.5, 0.6) is 0 Å². The summed E-state index contributed by atoms with van der Waals surface area (Å²) in [6.07, 6.45) is 24.7. The Morgan fingerprint density at radius 2 is 1.12 bits per heavy atom. The number of imidazole rings is 5. The fourth-order valence-corrected chi connectivity index (χ4v) is 9.02. The normalized spacial score (nSPS) is 20.4. The average Bonchev–Trinajstić information content (AvgIpc) is 4.57. The number of aromatic nitrogens is 10. The summed E-state index contributed by atoms with van der Waals surface area (Å²) in [5.41, 5.74) is 12.4. The van der Waals surface area contributed by atoms with E-state index >= 15 is 0 Å². The molecule has 22 nitrogen and oxygen atoms in total. The lowest BCUT2D eigenvalue weighted by atomic mass is 9.92. The Morgan fingerprint density at radius 3 is 1.53 bits per heavy atom. The van der Waals surface area contributed by atoms with Crippen molar-refractivity contribution in [1.29, 1.82) is 0 Å². The molecule has 4 bridgehead atoms. The quantitative estimate of drug-likeness (QED) is 0.0405. The van der Waals surface area contributed by atoms with E-state index in [0.717, 1.165) is 80.0 Å². The first-order valence-electron chi connectivity index (χ1n) is 30.7. The van der Waals surface area contributed by atoms with Gasteiger partial charge in [0.05, 0.1) is 61.0 Å². The van der Waals surface area contributed by atoms with Gasteiger partial charge in [-0.2, -0.15) is 0 Å². The van der Waals surface area contributed by atoms with Crippen molar-refractivity contribution in [3.05, 3.63) is 91.1 Å². The average molecular weight is 1190 g/mol. The molecule has 0 aromatic carbocycles. The highest BCUT2D eigenvalue weighted by atomic mass is 16.8. The minimum absolute atomic E-state index is 0. The van der Waals surface area contributed by atoms with Gasteiger partial charge >= 0.3 is 0 Å². The Balaban J connectivity index is 0.00000103. The SMILES string of the molecule is C.CC.CC.CC(N)Cc1cn(C)cn1.CC1Cc2cn(cn2)CC(C)C(C)C(=O)N1.CC1Cc2cn(cn2)CC(CONO)C(C)C(=O)N1.CCC(C)C(C)C(=O)NC(C)Cc1cn(C)cn1.CCC(C)C(C)C(=O)NC(C)Cc1cnc[nH]1. The number of hydrogen-bond donors (Lipinski definition) is 8. The molecule has 85 heavy (non-hydrogen) atoms. The van der Waals surface area contributed by atoms with Crippen LogP contribution in [0.25, 0.3) is 0 Å². The molecule has 2 aliphatic heterocycles. The topological polar surface area (TPSA) is 284 Å². The highest BCUT2D eigenvalue weighted by Crippen LogP contribution is 2.20. The molecule has 2 aliphatic rings. The molecule has 7 rings (SSSR count). The molecule has 7 heterocycles. The highest BCUT2D eigenvalue weighted by molar-refractivity contribution is 5.80. The minimum atomic E-state index is -0.209. The van der Waals surface area contributed by atoms with Crippen LogP contribution in [0.4, 0.5) is 0 Å². The van der Waals surface area contributed by atoms with Gasteiger partial charge in [0.25, 0.3) is 0 Å². The Labute approximate surface area is 511 Å². The number of fused-ring (bicyclic) bond motifs is 4. The number of aryl methyl sites for hydroxylation is 2.